The van der Waals surface area contributed by atoms with Crippen LogP contribution >= 0.6 is 24.0 Å². The Hall–Kier alpha value is -0.240. The van der Waals surface area contributed by atoms with Gasteiger partial charge in [-0.1, -0.05) is 37.1 Å². The first-order valence-electron chi connectivity index (χ1n) is 6.66. The SMILES string of the molecule is CCCCN(C)C1(c2ccc(Cl)cc2)CCC1.Cl. The third-order valence-corrected chi connectivity index (χ3v) is 4.39. The fourth-order valence-electron chi connectivity index (χ4n) is 2.77. The Balaban J connectivity index is 0.00000162. The van der Waals surface area contributed by atoms with Crippen molar-refractivity contribution in [2.75, 3.05) is 13.6 Å². The standard InChI is InChI=1S/C15H22ClN.ClH/c1-3-4-12-17(2)15(10-5-11-15)13-6-8-14(16)9-7-13;/h6-9H,3-5,10-12H2,1-2H3;1H. The second kappa shape index (κ2) is 6.79. The highest BCUT2D eigenvalue weighted by Gasteiger charge is 2.41. The largest absolute Gasteiger partial charge is 0.297 e. The maximum Gasteiger partial charge on any atom is 0.0457 e. The van der Waals surface area contributed by atoms with Crippen LogP contribution < -0.4 is 0 Å². The lowest BCUT2D eigenvalue weighted by Crippen LogP contribution is -2.49. The van der Waals surface area contributed by atoms with E-state index in [9.17, 15) is 0 Å². The maximum absolute atomic E-state index is 5.97. The van der Waals surface area contributed by atoms with E-state index in [1.807, 2.05) is 12.1 Å². The summed E-state index contributed by atoms with van der Waals surface area (Å²) in [7, 11) is 2.27. The van der Waals surface area contributed by atoms with Crippen molar-refractivity contribution in [2.45, 2.75) is 44.6 Å². The molecular formula is C15H23Cl2N. The van der Waals surface area contributed by atoms with Crippen molar-refractivity contribution in [2.24, 2.45) is 0 Å². The van der Waals surface area contributed by atoms with Gasteiger partial charge in [0.05, 0.1) is 0 Å². The molecule has 1 saturated carbocycles. The Morgan fingerprint density at radius 3 is 2.28 bits per heavy atom. The number of halogens is 2. The molecule has 1 aromatic rings. The smallest absolute Gasteiger partial charge is 0.0457 e. The number of unbranched alkanes of at least 4 members (excludes halogenated alkanes) is 1. The van der Waals surface area contributed by atoms with Crippen LogP contribution in [0, 0.1) is 0 Å². The zero-order chi connectivity index (χ0) is 12.3. The molecule has 1 aromatic carbocycles. The summed E-state index contributed by atoms with van der Waals surface area (Å²) in [5.74, 6) is 0. The number of rotatable bonds is 5. The van der Waals surface area contributed by atoms with E-state index < -0.39 is 0 Å². The molecule has 0 amide bonds. The van der Waals surface area contributed by atoms with Gasteiger partial charge < -0.3 is 0 Å². The van der Waals surface area contributed by atoms with E-state index in [0.717, 1.165) is 5.02 Å². The summed E-state index contributed by atoms with van der Waals surface area (Å²) in [6, 6.07) is 8.43. The van der Waals surface area contributed by atoms with Gasteiger partial charge in [0.1, 0.15) is 0 Å². The fraction of sp³-hybridized carbons (Fsp3) is 0.600. The second-order valence-electron chi connectivity index (χ2n) is 5.17. The average molecular weight is 288 g/mol. The molecule has 1 aliphatic rings. The molecule has 0 bridgehead atoms. The van der Waals surface area contributed by atoms with Gasteiger partial charge in [-0.25, -0.2) is 0 Å². The first-order valence-corrected chi connectivity index (χ1v) is 7.04. The summed E-state index contributed by atoms with van der Waals surface area (Å²) < 4.78 is 0. The summed E-state index contributed by atoms with van der Waals surface area (Å²) in [6.45, 7) is 3.45. The lowest BCUT2D eigenvalue weighted by Gasteiger charge is -2.49. The Morgan fingerprint density at radius 1 is 1.22 bits per heavy atom. The zero-order valence-corrected chi connectivity index (χ0v) is 12.9. The van der Waals surface area contributed by atoms with Crippen molar-refractivity contribution in [3.8, 4) is 0 Å². The summed E-state index contributed by atoms with van der Waals surface area (Å²) in [5, 5.41) is 0.833. The molecule has 0 atom stereocenters. The highest BCUT2D eigenvalue weighted by Crippen LogP contribution is 2.46. The molecule has 0 heterocycles. The molecule has 1 aliphatic carbocycles. The Kier molecular flexibility index (Phi) is 5.97. The van der Waals surface area contributed by atoms with Crippen molar-refractivity contribution >= 4 is 24.0 Å². The van der Waals surface area contributed by atoms with Crippen LogP contribution in [0.4, 0.5) is 0 Å². The minimum atomic E-state index is 0. The van der Waals surface area contributed by atoms with Crippen LogP contribution in [0.2, 0.25) is 5.02 Å². The van der Waals surface area contributed by atoms with Gasteiger partial charge in [0.15, 0.2) is 0 Å². The van der Waals surface area contributed by atoms with Crippen LogP contribution in [0.25, 0.3) is 0 Å². The number of hydrogen-bond donors (Lipinski definition) is 0. The van der Waals surface area contributed by atoms with Crippen LogP contribution in [0.1, 0.15) is 44.6 Å². The molecule has 0 aromatic heterocycles. The molecule has 1 fully saturated rings. The Morgan fingerprint density at radius 2 is 1.83 bits per heavy atom. The minimum absolute atomic E-state index is 0. The highest BCUT2D eigenvalue weighted by molar-refractivity contribution is 6.30. The molecule has 2 rings (SSSR count). The minimum Gasteiger partial charge on any atom is -0.297 e. The molecule has 102 valence electrons. The molecule has 3 heteroatoms. The second-order valence-corrected chi connectivity index (χ2v) is 5.60. The van der Waals surface area contributed by atoms with Gasteiger partial charge in [-0.2, -0.15) is 0 Å². The van der Waals surface area contributed by atoms with E-state index in [1.54, 1.807) is 0 Å². The summed E-state index contributed by atoms with van der Waals surface area (Å²) in [5.41, 5.74) is 1.73. The average Bonchev–Trinajstić information content (AvgIpc) is 2.27. The van der Waals surface area contributed by atoms with E-state index in [4.69, 9.17) is 11.6 Å². The van der Waals surface area contributed by atoms with Crippen molar-refractivity contribution < 1.29 is 0 Å². The molecule has 0 saturated heterocycles. The first kappa shape index (κ1) is 15.8. The first-order chi connectivity index (χ1) is 8.19. The van der Waals surface area contributed by atoms with Crippen LogP contribution in [0.15, 0.2) is 24.3 Å². The third kappa shape index (κ3) is 3.01. The Labute approximate surface area is 122 Å². The number of hydrogen-bond acceptors (Lipinski definition) is 1. The van der Waals surface area contributed by atoms with E-state index in [2.05, 4.69) is 31.0 Å². The number of benzene rings is 1. The van der Waals surface area contributed by atoms with Gasteiger partial charge in [-0.05, 0) is 57.0 Å². The van der Waals surface area contributed by atoms with Crippen molar-refractivity contribution in [1.82, 2.24) is 4.90 Å². The normalized spacial score (nSPS) is 17.1. The van der Waals surface area contributed by atoms with Gasteiger partial charge in [-0.3, -0.25) is 4.90 Å². The van der Waals surface area contributed by atoms with Gasteiger partial charge in [0.25, 0.3) is 0 Å². The van der Waals surface area contributed by atoms with Crippen LogP contribution in [0.3, 0.4) is 0 Å². The molecule has 0 radical (unpaired) electrons. The monoisotopic (exact) mass is 287 g/mol. The molecule has 1 nitrogen and oxygen atoms in total. The zero-order valence-electron chi connectivity index (χ0n) is 11.3. The molecule has 0 spiro atoms. The summed E-state index contributed by atoms with van der Waals surface area (Å²) in [6.07, 6.45) is 6.47. The van der Waals surface area contributed by atoms with Crippen molar-refractivity contribution in [3.05, 3.63) is 34.9 Å². The summed E-state index contributed by atoms with van der Waals surface area (Å²) in [4.78, 5) is 2.54. The molecule has 0 aliphatic heterocycles. The molecule has 0 unspecified atom stereocenters. The predicted molar refractivity (Wildman–Crippen MR) is 81.8 cm³/mol. The lowest BCUT2D eigenvalue weighted by atomic mass is 9.70. The lowest BCUT2D eigenvalue weighted by molar-refractivity contribution is 0.0335. The van der Waals surface area contributed by atoms with Gasteiger partial charge >= 0.3 is 0 Å². The van der Waals surface area contributed by atoms with E-state index in [1.165, 1.54) is 44.2 Å². The maximum atomic E-state index is 5.97. The van der Waals surface area contributed by atoms with Crippen LogP contribution in [-0.4, -0.2) is 18.5 Å². The van der Waals surface area contributed by atoms with Crippen molar-refractivity contribution in [1.29, 1.82) is 0 Å². The van der Waals surface area contributed by atoms with Crippen molar-refractivity contribution in [3.63, 3.8) is 0 Å². The van der Waals surface area contributed by atoms with Gasteiger partial charge in [-0.15, -0.1) is 12.4 Å². The fourth-order valence-corrected chi connectivity index (χ4v) is 2.90. The van der Waals surface area contributed by atoms with E-state index >= 15 is 0 Å². The van der Waals surface area contributed by atoms with Gasteiger partial charge in [0.2, 0.25) is 0 Å². The topological polar surface area (TPSA) is 3.24 Å². The van der Waals surface area contributed by atoms with E-state index in [-0.39, 0.29) is 12.4 Å². The third-order valence-electron chi connectivity index (χ3n) is 4.14. The quantitative estimate of drug-likeness (QED) is 0.747. The highest BCUT2D eigenvalue weighted by atomic mass is 35.5. The van der Waals surface area contributed by atoms with Crippen LogP contribution in [-0.2, 0) is 5.54 Å². The van der Waals surface area contributed by atoms with Gasteiger partial charge in [0, 0.05) is 10.6 Å². The van der Waals surface area contributed by atoms with Crippen LogP contribution in [0.5, 0.6) is 0 Å². The number of nitrogens with zero attached hydrogens (tertiary/aromatic N) is 1. The molecule has 18 heavy (non-hydrogen) atoms. The predicted octanol–water partition coefficient (Wildman–Crippen LogP) is 4.87. The molecule has 0 N–H and O–H groups in total. The molecular weight excluding hydrogens is 265 g/mol. The Bertz CT molecular complexity index is 357. The van der Waals surface area contributed by atoms with E-state index in [0.29, 0.717) is 5.54 Å². The summed E-state index contributed by atoms with van der Waals surface area (Å²) >= 11 is 5.97.